The maximum Gasteiger partial charge on any atom is 0.163 e. The lowest BCUT2D eigenvalue weighted by molar-refractivity contribution is 0.132. The van der Waals surface area contributed by atoms with Crippen LogP contribution in [-0.2, 0) is 16.0 Å². The number of hydrazine groups is 2. The van der Waals surface area contributed by atoms with Gasteiger partial charge >= 0.3 is 0 Å². The predicted molar refractivity (Wildman–Crippen MR) is 142 cm³/mol. The van der Waals surface area contributed by atoms with Crippen LogP contribution in [0.4, 0.5) is 11.5 Å². The Kier molecular flexibility index (Phi) is 8.13. The maximum absolute atomic E-state index is 5.95. The van der Waals surface area contributed by atoms with E-state index in [9.17, 15) is 0 Å². The Hall–Kier alpha value is -4.39. The number of anilines is 2. The zero-order valence-electron chi connectivity index (χ0n) is 21.2. The highest BCUT2D eigenvalue weighted by atomic mass is 16.5. The molecule has 5 rings (SSSR count). The zero-order valence-corrected chi connectivity index (χ0v) is 21.2. The molecule has 198 valence electrons. The molecule has 12 nitrogen and oxygen atoms in total. The first-order valence-corrected chi connectivity index (χ1v) is 12.1. The standard InChI is InChI=1S/C26H30N8O4/c1-35-6-8-37-24-11-21-22(12-25(24)38-9-7-36-2)29-17-30-26(21)31-19-5-3-4-18(10-19)23-15-34(33-32-23)14-20-13-27-16-28-20/h3-5,10-13,15-17,32-33H,6-9,14H2,1-2H3,(H,27,28)(H,29,30,31). The van der Waals surface area contributed by atoms with Crippen molar-refractivity contribution in [1.82, 2.24) is 35.9 Å². The molecule has 0 aliphatic carbocycles. The van der Waals surface area contributed by atoms with Gasteiger partial charge in [-0.2, -0.15) is 0 Å². The summed E-state index contributed by atoms with van der Waals surface area (Å²) in [6.07, 6.45) is 7.06. The van der Waals surface area contributed by atoms with Crippen molar-refractivity contribution in [3.63, 3.8) is 0 Å². The second kappa shape index (κ2) is 12.2. The monoisotopic (exact) mass is 518 g/mol. The summed E-state index contributed by atoms with van der Waals surface area (Å²) in [6.45, 7) is 2.31. The van der Waals surface area contributed by atoms with Gasteiger partial charge in [-0.3, -0.25) is 5.01 Å². The first-order valence-electron chi connectivity index (χ1n) is 12.1. The van der Waals surface area contributed by atoms with Crippen molar-refractivity contribution >= 4 is 28.1 Å². The van der Waals surface area contributed by atoms with E-state index in [0.717, 1.165) is 33.5 Å². The Bertz CT molecular complexity index is 1380. The molecule has 0 saturated heterocycles. The number of benzene rings is 2. The summed E-state index contributed by atoms with van der Waals surface area (Å²) in [5.41, 5.74) is 10.8. The third-order valence-electron chi connectivity index (χ3n) is 5.73. The molecule has 2 aromatic carbocycles. The number of aromatic nitrogens is 4. The van der Waals surface area contributed by atoms with Crippen molar-refractivity contribution in [2.75, 3.05) is 46.0 Å². The lowest BCUT2D eigenvalue weighted by Crippen LogP contribution is -2.35. The van der Waals surface area contributed by atoms with Crippen LogP contribution in [0.25, 0.3) is 16.6 Å². The second-order valence-corrected chi connectivity index (χ2v) is 8.39. The number of fused-ring (bicyclic) bond motifs is 1. The molecule has 1 aliphatic rings. The summed E-state index contributed by atoms with van der Waals surface area (Å²) in [5.74, 6) is 1.82. The number of imidazole rings is 1. The summed E-state index contributed by atoms with van der Waals surface area (Å²) in [7, 11) is 3.26. The third-order valence-corrected chi connectivity index (χ3v) is 5.73. The van der Waals surface area contributed by atoms with Gasteiger partial charge in [0.15, 0.2) is 11.5 Å². The average Bonchev–Trinajstić information content (AvgIpc) is 3.62. The van der Waals surface area contributed by atoms with E-state index in [1.54, 1.807) is 20.5 Å². The van der Waals surface area contributed by atoms with E-state index in [0.29, 0.717) is 50.3 Å². The molecule has 0 atom stereocenters. The number of hydrogen-bond donors (Lipinski definition) is 4. The molecule has 0 saturated carbocycles. The summed E-state index contributed by atoms with van der Waals surface area (Å²) < 4.78 is 22.1. The molecular weight excluding hydrogens is 488 g/mol. The fourth-order valence-electron chi connectivity index (χ4n) is 3.90. The van der Waals surface area contributed by atoms with Crippen molar-refractivity contribution < 1.29 is 18.9 Å². The quantitative estimate of drug-likeness (QED) is 0.195. The van der Waals surface area contributed by atoms with Gasteiger partial charge in [0.05, 0.1) is 43.0 Å². The first kappa shape index (κ1) is 25.3. The van der Waals surface area contributed by atoms with E-state index in [1.807, 2.05) is 53.8 Å². The Morgan fingerprint density at radius 2 is 1.74 bits per heavy atom. The van der Waals surface area contributed by atoms with Gasteiger partial charge in [0.2, 0.25) is 0 Å². The minimum absolute atomic E-state index is 0.383. The highest BCUT2D eigenvalue weighted by Gasteiger charge is 2.16. The molecule has 0 spiro atoms. The molecule has 12 heteroatoms. The lowest BCUT2D eigenvalue weighted by Gasteiger charge is -2.15. The Morgan fingerprint density at radius 1 is 0.921 bits per heavy atom. The van der Waals surface area contributed by atoms with Crippen LogP contribution in [0, 0.1) is 0 Å². The van der Waals surface area contributed by atoms with E-state index >= 15 is 0 Å². The second-order valence-electron chi connectivity index (χ2n) is 8.39. The minimum atomic E-state index is 0.383. The highest BCUT2D eigenvalue weighted by Crippen LogP contribution is 2.35. The minimum Gasteiger partial charge on any atom is -0.487 e. The molecule has 4 N–H and O–H groups in total. The number of nitrogens with one attached hydrogen (secondary N) is 4. The van der Waals surface area contributed by atoms with Gasteiger partial charge in [-0.15, -0.1) is 5.53 Å². The molecule has 1 aliphatic heterocycles. The Balaban J connectivity index is 1.37. The molecule has 0 radical (unpaired) electrons. The molecule has 0 amide bonds. The Labute approximate surface area is 219 Å². The Morgan fingerprint density at radius 3 is 2.50 bits per heavy atom. The number of ether oxygens (including phenoxy) is 4. The van der Waals surface area contributed by atoms with E-state index < -0.39 is 0 Å². The van der Waals surface area contributed by atoms with Crippen molar-refractivity contribution in [1.29, 1.82) is 0 Å². The van der Waals surface area contributed by atoms with Crippen molar-refractivity contribution in [3.8, 4) is 11.5 Å². The number of hydrogen-bond acceptors (Lipinski definition) is 11. The molecular formula is C26H30N8O4. The molecule has 3 heterocycles. The van der Waals surface area contributed by atoms with Gasteiger partial charge < -0.3 is 34.7 Å². The molecule has 4 aromatic rings. The lowest BCUT2D eigenvalue weighted by atomic mass is 10.1. The summed E-state index contributed by atoms with van der Waals surface area (Å²) in [4.78, 5) is 16.2. The predicted octanol–water partition coefficient (Wildman–Crippen LogP) is 2.97. The first-order chi connectivity index (χ1) is 18.7. The summed E-state index contributed by atoms with van der Waals surface area (Å²) in [5, 5.41) is 6.16. The van der Waals surface area contributed by atoms with E-state index in [2.05, 4.69) is 36.2 Å². The van der Waals surface area contributed by atoms with Crippen LogP contribution in [0.2, 0.25) is 0 Å². The van der Waals surface area contributed by atoms with Gasteiger partial charge in [0, 0.05) is 49.3 Å². The largest absolute Gasteiger partial charge is 0.487 e. The van der Waals surface area contributed by atoms with E-state index in [1.165, 1.54) is 6.33 Å². The molecule has 2 aromatic heterocycles. The third kappa shape index (κ3) is 6.11. The van der Waals surface area contributed by atoms with Crippen LogP contribution in [-0.4, -0.2) is 65.6 Å². The zero-order chi connectivity index (χ0) is 26.2. The SMILES string of the molecule is COCCOc1cc2ncnc(Nc3cccc(C4=CN(Cc5c[nH]cn5)NN4)c3)c2cc1OCCOC. The van der Waals surface area contributed by atoms with Gasteiger partial charge in [-0.1, -0.05) is 12.1 Å². The number of nitrogens with zero attached hydrogens (tertiary/aromatic N) is 4. The number of aromatic amines is 1. The van der Waals surface area contributed by atoms with E-state index in [4.69, 9.17) is 18.9 Å². The fourth-order valence-corrected chi connectivity index (χ4v) is 3.90. The molecule has 0 bridgehead atoms. The topological polar surface area (TPSA) is 131 Å². The molecule has 38 heavy (non-hydrogen) atoms. The van der Waals surface area contributed by atoms with Gasteiger partial charge in [0.25, 0.3) is 0 Å². The smallest absolute Gasteiger partial charge is 0.163 e. The summed E-state index contributed by atoms with van der Waals surface area (Å²) in [6, 6.07) is 11.8. The number of H-pyrrole nitrogens is 1. The highest BCUT2D eigenvalue weighted by molar-refractivity contribution is 5.93. The van der Waals surface area contributed by atoms with Crippen molar-refractivity contribution in [2.45, 2.75) is 6.54 Å². The normalized spacial score (nSPS) is 12.9. The fraction of sp³-hybridized carbons (Fsp3) is 0.269. The van der Waals surface area contributed by atoms with E-state index in [-0.39, 0.29) is 0 Å². The number of methoxy groups -OCH3 is 2. The van der Waals surface area contributed by atoms with Gasteiger partial charge in [-0.05, 0) is 18.2 Å². The van der Waals surface area contributed by atoms with Crippen LogP contribution in [0.1, 0.15) is 11.3 Å². The van der Waals surface area contributed by atoms with Crippen LogP contribution >= 0.6 is 0 Å². The van der Waals surface area contributed by atoms with Crippen molar-refractivity contribution in [2.24, 2.45) is 0 Å². The number of rotatable bonds is 13. The van der Waals surface area contributed by atoms with Crippen LogP contribution in [0.3, 0.4) is 0 Å². The van der Waals surface area contributed by atoms with Crippen LogP contribution < -0.4 is 25.8 Å². The van der Waals surface area contributed by atoms with Gasteiger partial charge in [0.1, 0.15) is 25.4 Å². The van der Waals surface area contributed by atoms with Crippen LogP contribution in [0.15, 0.2) is 61.4 Å². The van der Waals surface area contributed by atoms with Gasteiger partial charge in [-0.25, -0.2) is 15.0 Å². The van der Waals surface area contributed by atoms with Crippen LogP contribution in [0.5, 0.6) is 11.5 Å². The molecule has 0 unspecified atom stereocenters. The average molecular weight is 519 g/mol. The molecule has 0 fully saturated rings. The van der Waals surface area contributed by atoms with Crippen molar-refractivity contribution in [3.05, 3.63) is 72.7 Å². The maximum atomic E-state index is 5.95. The summed E-state index contributed by atoms with van der Waals surface area (Å²) >= 11 is 0.